The molecule has 3 nitrogen and oxygen atoms in total. The Morgan fingerprint density at radius 2 is 1.95 bits per heavy atom. The Bertz CT molecular complexity index is 465. The zero-order valence-electron chi connectivity index (χ0n) is 13.0. The van der Waals surface area contributed by atoms with Gasteiger partial charge in [0.25, 0.3) is 0 Å². The predicted molar refractivity (Wildman–Crippen MR) is 81.0 cm³/mol. The summed E-state index contributed by atoms with van der Waals surface area (Å²) in [5.41, 5.74) is 0.395. The molecule has 0 N–H and O–H groups in total. The maximum atomic E-state index is 12.7. The molecule has 2 rings (SSSR count). The molecule has 0 unspecified atom stereocenters. The second kappa shape index (κ2) is 5.66. The minimum atomic E-state index is -0.393. The van der Waals surface area contributed by atoms with E-state index in [2.05, 4.69) is 18.7 Å². The molecule has 1 aliphatic heterocycles. The first-order chi connectivity index (χ1) is 9.33. The summed E-state index contributed by atoms with van der Waals surface area (Å²) in [5.74, 6) is 0.209. The summed E-state index contributed by atoms with van der Waals surface area (Å²) >= 11 is 0. The lowest BCUT2D eigenvalue weighted by atomic mass is 9.82. The van der Waals surface area contributed by atoms with E-state index in [-0.39, 0.29) is 11.3 Å². The number of nitrogens with zero attached hydrogens (tertiary/aromatic N) is 1. The van der Waals surface area contributed by atoms with Crippen molar-refractivity contribution < 1.29 is 9.53 Å². The second-order valence-electron chi connectivity index (χ2n) is 6.87. The average Bonchev–Trinajstić information content (AvgIpc) is 2.41. The molecule has 20 heavy (non-hydrogen) atoms. The Hall–Kier alpha value is -1.19. The van der Waals surface area contributed by atoms with Crippen LogP contribution in [0.3, 0.4) is 0 Å². The first-order valence-corrected chi connectivity index (χ1v) is 7.26. The summed E-state index contributed by atoms with van der Waals surface area (Å²) in [6.07, 6.45) is 0. The van der Waals surface area contributed by atoms with Crippen LogP contribution in [0, 0.1) is 5.41 Å². The third kappa shape index (κ3) is 3.28. The molecule has 0 saturated carbocycles. The Kier molecular flexibility index (Phi) is 4.31. The quantitative estimate of drug-likeness (QED) is 0.791. The fourth-order valence-electron chi connectivity index (χ4n) is 2.71. The standard InChI is InChI=1S/C17H25NO2/c1-16(2,15(19)14-8-6-5-7-9-14)12-18-10-11-20-13-17(18,3)4/h5-9H,10-13H2,1-4H3. The smallest absolute Gasteiger partial charge is 0.169 e. The highest BCUT2D eigenvalue weighted by molar-refractivity contribution is 6.00. The Balaban J connectivity index is 2.12. The molecule has 1 saturated heterocycles. The number of carbonyl (C=O) groups excluding carboxylic acids is 1. The van der Waals surface area contributed by atoms with Crippen LogP contribution in [-0.2, 0) is 4.74 Å². The first kappa shape index (κ1) is 15.2. The number of morpholine rings is 1. The van der Waals surface area contributed by atoms with Gasteiger partial charge in [-0.15, -0.1) is 0 Å². The Morgan fingerprint density at radius 3 is 2.55 bits per heavy atom. The van der Waals surface area contributed by atoms with Gasteiger partial charge in [-0.05, 0) is 13.8 Å². The van der Waals surface area contributed by atoms with Crippen molar-refractivity contribution in [3.63, 3.8) is 0 Å². The van der Waals surface area contributed by atoms with E-state index in [1.807, 2.05) is 44.2 Å². The minimum absolute atomic E-state index is 0.00745. The number of carbonyl (C=O) groups is 1. The van der Waals surface area contributed by atoms with Gasteiger partial charge in [0, 0.05) is 29.6 Å². The number of hydrogen-bond donors (Lipinski definition) is 0. The van der Waals surface area contributed by atoms with Crippen LogP contribution in [0.4, 0.5) is 0 Å². The maximum Gasteiger partial charge on any atom is 0.169 e. The van der Waals surface area contributed by atoms with Gasteiger partial charge in [0.2, 0.25) is 0 Å². The van der Waals surface area contributed by atoms with E-state index in [9.17, 15) is 4.79 Å². The molecule has 0 aliphatic carbocycles. The van der Waals surface area contributed by atoms with Gasteiger partial charge in [0.05, 0.1) is 13.2 Å². The van der Waals surface area contributed by atoms with Crippen molar-refractivity contribution in [1.29, 1.82) is 0 Å². The van der Waals surface area contributed by atoms with Crippen molar-refractivity contribution in [2.45, 2.75) is 33.2 Å². The van der Waals surface area contributed by atoms with E-state index >= 15 is 0 Å². The van der Waals surface area contributed by atoms with Gasteiger partial charge < -0.3 is 4.74 Å². The minimum Gasteiger partial charge on any atom is -0.378 e. The molecule has 0 spiro atoms. The van der Waals surface area contributed by atoms with Gasteiger partial charge in [-0.25, -0.2) is 0 Å². The van der Waals surface area contributed by atoms with E-state index in [0.29, 0.717) is 0 Å². The van der Waals surface area contributed by atoms with Crippen molar-refractivity contribution in [2.75, 3.05) is 26.3 Å². The highest BCUT2D eigenvalue weighted by atomic mass is 16.5. The van der Waals surface area contributed by atoms with Gasteiger partial charge in [-0.1, -0.05) is 44.2 Å². The number of benzene rings is 1. The number of ether oxygens (including phenoxy) is 1. The van der Waals surface area contributed by atoms with Gasteiger partial charge >= 0.3 is 0 Å². The van der Waals surface area contributed by atoms with Crippen molar-refractivity contribution in [3.05, 3.63) is 35.9 Å². The molecule has 1 heterocycles. The van der Waals surface area contributed by atoms with Crippen molar-refractivity contribution >= 4 is 5.78 Å². The first-order valence-electron chi connectivity index (χ1n) is 7.26. The molecule has 110 valence electrons. The molecule has 1 aromatic carbocycles. The zero-order chi connectivity index (χ0) is 14.8. The number of Topliss-reactive ketones (excluding diaryl/α,β-unsaturated/α-hetero) is 1. The highest BCUT2D eigenvalue weighted by Crippen LogP contribution is 2.28. The molecule has 0 radical (unpaired) electrons. The predicted octanol–water partition coefficient (Wildman–Crippen LogP) is 3.01. The summed E-state index contributed by atoms with van der Waals surface area (Å²) in [5, 5.41) is 0. The van der Waals surface area contributed by atoms with Crippen molar-refractivity contribution in [1.82, 2.24) is 4.90 Å². The Morgan fingerprint density at radius 1 is 1.30 bits per heavy atom. The number of rotatable bonds is 4. The summed E-state index contributed by atoms with van der Waals surface area (Å²) in [4.78, 5) is 15.1. The Labute approximate surface area is 121 Å². The summed E-state index contributed by atoms with van der Waals surface area (Å²) in [7, 11) is 0. The molecule has 3 heteroatoms. The maximum absolute atomic E-state index is 12.7. The zero-order valence-corrected chi connectivity index (χ0v) is 13.0. The molecular weight excluding hydrogens is 250 g/mol. The second-order valence-corrected chi connectivity index (χ2v) is 6.87. The SMILES string of the molecule is CC(C)(CN1CCOCC1(C)C)C(=O)c1ccccc1. The van der Waals surface area contributed by atoms with Crippen LogP contribution in [0.25, 0.3) is 0 Å². The molecule has 1 aromatic rings. The molecule has 1 aliphatic rings. The normalized spacial score (nSPS) is 19.8. The molecule has 1 fully saturated rings. The van der Waals surface area contributed by atoms with Gasteiger partial charge in [0.1, 0.15) is 0 Å². The monoisotopic (exact) mass is 275 g/mol. The molecule has 0 atom stereocenters. The fraction of sp³-hybridized carbons (Fsp3) is 0.588. The van der Waals surface area contributed by atoms with E-state index in [1.54, 1.807) is 0 Å². The van der Waals surface area contributed by atoms with Crippen LogP contribution in [0.1, 0.15) is 38.1 Å². The van der Waals surface area contributed by atoms with Crippen molar-refractivity contribution in [2.24, 2.45) is 5.41 Å². The third-order valence-electron chi connectivity index (χ3n) is 4.05. The van der Waals surface area contributed by atoms with Crippen LogP contribution >= 0.6 is 0 Å². The lowest BCUT2D eigenvalue weighted by Gasteiger charge is -2.45. The topological polar surface area (TPSA) is 29.5 Å². The van der Waals surface area contributed by atoms with E-state index in [0.717, 1.165) is 31.9 Å². The third-order valence-corrected chi connectivity index (χ3v) is 4.05. The van der Waals surface area contributed by atoms with E-state index < -0.39 is 5.41 Å². The van der Waals surface area contributed by atoms with E-state index in [1.165, 1.54) is 0 Å². The van der Waals surface area contributed by atoms with Gasteiger partial charge in [0.15, 0.2) is 5.78 Å². The average molecular weight is 275 g/mol. The van der Waals surface area contributed by atoms with Gasteiger partial charge in [-0.2, -0.15) is 0 Å². The van der Waals surface area contributed by atoms with Crippen LogP contribution in [0.5, 0.6) is 0 Å². The molecule has 0 amide bonds. The van der Waals surface area contributed by atoms with Crippen molar-refractivity contribution in [3.8, 4) is 0 Å². The van der Waals surface area contributed by atoms with Gasteiger partial charge in [-0.3, -0.25) is 9.69 Å². The number of ketones is 1. The van der Waals surface area contributed by atoms with Crippen LogP contribution in [0.2, 0.25) is 0 Å². The van der Waals surface area contributed by atoms with Crippen LogP contribution < -0.4 is 0 Å². The lowest BCUT2D eigenvalue weighted by molar-refractivity contribution is -0.0615. The highest BCUT2D eigenvalue weighted by Gasteiger charge is 2.37. The summed E-state index contributed by atoms with van der Waals surface area (Å²) in [6, 6.07) is 9.57. The molecule has 0 aromatic heterocycles. The van der Waals surface area contributed by atoms with Crippen LogP contribution in [-0.4, -0.2) is 42.5 Å². The fourth-order valence-corrected chi connectivity index (χ4v) is 2.71. The van der Waals surface area contributed by atoms with Crippen LogP contribution in [0.15, 0.2) is 30.3 Å². The largest absolute Gasteiger partial charge is 0.378 e. The number of hydrogen-bond acceptors (Lipinski definition) is 3. The lowest BCUT2D eigenvalue weighted by Crippen LogP contribution is -2.56. The summed E-state index contributed by atoms with van der Waals surface area (Å²) in [6.45, 7) is 11.5. The molecular formula is C17H25NO2. The summed E-state index contributed by atoms with van der Waals surface area (Å²) < 4.78 is 5.55. The van der Waals surface area contributed by atoms with E-state index in [4.69, 9.17) is 4.74 Å². The molecule has 0 bridgehead atoms.